The van der Waals surface area contributed by atoms with E-state index in [9.17, 15) is 55.2 Å². The van der Waals surface area contributed by atoms with Crippen molar-refractivity contribution in [3.63, 3.8) is 0 Å². The van der Waals surface area contributed by atoms with Crippen molar-refractivity contribution in [3.8, 4) is 23.0 Å². The van der Waals surface area contributed by atoms with Crippen LogP contribution in [0.15, 0.2) is 35.1 Å². The lowest BCUT2D eigenvalue weighted by Crippen LogP contribution is -2.63. The highest BCUT2D eigenvalue weighted by molar-refractivity contribution is 6.08. The van der Waals surface area contributed by atoms with Crippen LogP contribution in [0.1, 0.15) is 24.0 Å². The quantitative estimate of drug-likeness (QED) is 0.0616. The number of rotatable bonds is 7. The number of carbonyl (C=O) groups is 3. The number of aromatic hydroxyl groups is 4. The predicted molar refractivity (Wildman–Crippen MR) is 136 cm³/mol. The molecule has 41 heavy (non-hydrogen) atoms. The van der Waals surface area contributed by atoms with Crippen LogP contribution < -0.4 is 10.6 Å². The fourth-order valence-corrected chi connectivity index (χ4v) is 4.78. The fraction of sp³-hybridized carbons (Fsp3) is 0.400. The van der Waals surface area contributed by atoms with Gasteiger partial charge in [0.2, 0.25) is 11.6 Å². The van der Waals surface area contributed by atoms with Gasteiger partial charge < -0.3 is 50.9 Å². The maximum atomic E-state index is 13.2. The number of piperidine rings is 1. The minimum absolute atomic E-state index is 0.0103. The average Bonchev–Trinajstić information content (AvgIpc) is 3.29. The molecule has 3 aliphatic rings. The van der Waals surface area contributed by atoms with E-state index in [-0.39, 0.29) is 18.5 Å². The van der Waals surface area contributed by atoms with Crippen LogP contribution in [0, 0.1) is 0 Å². The smallest absolute Gasteiger partial charge is 0.279 e. The third kappa shape index (κ3) is 5.27. The third-order valence-electron chi connectivity index (χ3n) is 7.15. The lowest BCUT2D eigenvalue weighted by Gasteiger charge is -2.37. The molecule has 0 saturated carbocycles. The Hall–Kier alpha value is -4.67. The van der Waals surface area contributed by atoms with Crippen LogP contribution in [0.25, 0.3) is 0 Å². The van der Waals surface area contributed by atoms with E-state index in [1.165, 1.54) is 0 Å². The second kappa shape index (κ2) is 11.1. The summed E-state index contributed by atoms with van der Waals surface area (Å²) in [6.45, 7) is 3.58. The highest BCUT2D eigenvalue weighted by atomic mass is 16.5. The summed E-state index contributed by atoms with van der Waals surface area (Å²) in [6.07, 6.45) is -0.809. The topological polar surface area (TPSA) is 253 Å². The van der Waals surface area contributed by atoms with Gasteiger partial charge in [-0.1, -0.05) is 6.58 Å². The maximum Gasteiger partial charge on any atom is 0.279 e. The zero-order valence-electron chi connectivity index (χ0n) is 21.7. The molecular weight excluding hydrogens is 548 g/mol. The van der Waals surface area contributed by atoms with Gasteiger partial charge in [-0.15, -0.1) is 0 Å². The minimum Gasteiger partial charge on any atom is -0.505 e. The Morgan fingerprint density at radius 3 is 2.12 bits per heavy atom. The summed E-state index contributed by atoms with van der Waals surface area (Å²) in [5, 5.41) is 88.4. The molecule has 1 aromatic rings. The van der Waals surface area contributed by atoms with E-state index < -0.39 is 100 Å². The van der Waals surface area contributed by atoms with E-state index in [4.69, 9.17) is 4.74 Å². The van der Waals surface area contributed by atoms with Gasteiger partial charge >= 0.3 is 0 Å². The van der Waals surface area contributed by atoms with Crippen molar-refractivity contribution in [1.82, 2.24) is 20.4 Å². The first-order valence-electron chi connectivity index (χ1n) is 12.4. The Labute approximate surface area is 232 Å². The van der Waals surface area contributed by atoms with Crippen molar-refractivity contribution in [1.29, 1.82) is 0 Å². The number of morpholine rings is 1. The molecule has 0 aromatic heterocycles. The van der Waals surface area contributed by atoms with Gasteiger partial charge in [-0.2, -0.15) is 0 Å². The van der Waals surface area contributed by atoms with E-state index in [1.807, 2.05) is 10.2 Å². The molecule has 16 heteroatoms. The van der Waals surface area contributed by atoms with Gasteiger partial charge in [0.05, 0.1) is 43.0 Å². The number of aliphatic hydroxyl groups is 4. The van der Waals surface area contributed by atoms with Gasteiger partial charge in [0, 0.05) is 38.0 Å². The molecule has 1 atom stereocenters. The van der Waals surface area contributed by atoms with Crippen LogP contribution in [0.5, 0.6) is 23.0 Å². The van der Waals surface area contributed by atoms with Crippen molar-refractivity contribution in [2.75, 3.05) is 32.8 Å². The molecule has 10 N–H and O–H groups in total. The molecule has 1 unspecified atom stereocenters. The number of ether oxygens (including phenoxy) is 1. The van der Waals surface area contributed by atoms with Gasteiger partial charge in [0.25, 0.3) is 11.8 Å². The van der Waals surface area contributed by atoms with Crippen LogP contribution in [-0.4, -0.2) is 107 Å². The van der Waals surface area contributed by atoms with Crippen molar-refractivity contribution >= 4 is 17.7 Å². The number of imide groups is 1. The summed E-state index contributed by atoms with van der Waals surface area (Å²) >= 11 is 0. The average molecular weight is 579 g/mol. The molecule has 16 nitrogen and oxygen atoms in total. The monoisotopic (exact) mass is 578 g/mol. The summed E-state index contributed by atoms with van der Waals surface area (Å²) < 4.78 is 5.25. The largest absolute Gasteiger partial charge is 0.505 e. The summed E-state index contributed by atoms with van der Waals surface area (Å²) in [6, 6.07) is 0. The molecule has 0 bridgehead atoms. The SMILES string of the molecule is C=C(O)/C(O)=C1/C(=O)N(C2(O)CCC(=O)NC2=O)C/C1=C(/O)NCc1c(O)c(O)c(CN2CCOCC2)c(O)c1O. The summed E-state index contributed by atoms with van der Waals surface area (Å²) in [5.74, 6) is -9.05. The van der Waals surface area contributed by atoms with Gasteiger partial charge in [0.1, 0.15) is 0 Å². The predicted octanol–water partition coefficient (Wildman–Crippen LogP) is -0.948. The highest BCUT2D eigenvalue weighted by Crippen LogP contribution is 2.47. The van der Waals surface area contributed by atoms with Crippen LogP contribution in [0.2, 0.25) is 0 Å². The number of phenols is 4. The molecule has 222 valence electrons. The van der Waals surface area contributed by atoms with E-state index >= 15 is 0 Å². The third-order valence-corrected chi connectivity index (χ3v) is 7.15. The second-order valence-corrected chi connectivity index (χ2v) is 9.68. The van der Waals surface area contributed by atoms with Gasteiger partial charge in [-0.05, 0) is 0 Å². The molecule has 0 spiro atoms. The molecular formula is C25H30N4O12. The van der Waals surface area contributed by atoms with E-state index in [0.717, 1.165) is 0 Å². The van der Waals surface area contributed by atoms with Gasteiger partial charge in [0.15, 0.2) is 40.4 Å². The van der Waals surface area contributed by atoms with Crippen LogP contribution in [0.4, 0.5) is 0 Å². The second-order valence-electron chi connectivity index (χ2n) is 9.68. The number of nitrogens with one attached hydrogen (secondary N) is 2. The van der Waals surface area contributed by atoms with E-state index in [1.54, 1.807) is 0 Å². The highest BCUT2D eigenvalue weighted by Gasteiger charge is 2.53. The number of phenolic OH excluding ortho intramolecular Hbond substituents is 4. The van der Waals surface area contributed by atoms with Gasteiger partial charge in [-0.25, -0.2) is 0 Å². The maximum absolute atomic E-state index is 13.2. The first-order valence-corrected chi connectivity index (χ1v) is 12.4. The van der Waals surface area contributed by atoms with Crippen LogP contribution in [0.3, 0.4) is 0 Å². The molecule has 1 aromatic carbocycles. The number of carbonyl (C=O) groups excluding carboxylic acids is 3. The Kier molecular flexibility index (Phi) is 7.92. The van der Waals surface area contributed by atoms with Crippen LogP contribution in [-0.2, 0) is 32.2 Å². The molecule has 0 radical (unpaired) electrons. The molecule has 3 fully saturated rings. The number of aliphatic hydroxyl groups excluding tert-OH is 3. The number of likely N-dealkylation sites (tertiary alicyclic amines) is 1. The zero-order valence-corrected chi connectivity index (χ0v) is 21.7. The molecule has 3 saturated heterocycles. The number of nitrogens with zero attached hydrogens (tertiary/aromatic N) is 2. The fourth-order valence-electron chi connectivity index (χ4n) is 4.78. The van der Waals surface area contributed by atoms with E-state index in [2.05, 4.69) is 11.9 Å². The molecule has 3 aliphatic heterocycles. The first kappa shape index (κ1) is 29.3. The van der Waals surface area contributed by atoms with Crippen molar-refractivity contribution < 1.29 is 60.0 Å². The van der Waals surface area contributed by atoms with E-state index in [0.29, 0.717) is 31.2 Å². The Morgan fingerprint density at radius 1 is 0.976 bits per heavy atom. The van der Waals surface area contributed by atoms with Gasteiger partial charge in [-0.3, -0.25) is 29.5 Å². The molecule has 4 rings (SSSR count). The van der Waals surface area contributed by atoms with Crippen molar-refractivity contribution in [2.24, 2.45) is 0 Å². The van der Waals surface area contributed by atoms with Crippen molar-refractivity contribution in [2.45, 2.75) is 31.7 Å². The Morgan fingerprint density at radius 2 is 1.56 bits per heavy atom. The standard InChI is InChI=1S/C25H30N4O12/c1-11(30)17(32)16-13(10-29(23(16)38)25(40)3-2-15(31)27-24(25)39)22(37)26-8-12-18(33)20(35)14(21(36)19(12)34)9-28-4-6-41-7-5-28/h26,30,32-37,40H,1-10H2,(H,27,31,39)/b17-16-,22-13-. The van der Waals surface area contributed by atoms with Crippen LogP contribution >= 0.6 is 0 Å². The lowest BCUT2D eigenvalue weighted by atomic mass is 10.00. The Balaban J connectivity index is 1.65. The summed E-state index contributed by atoms with van der Waals surface area (Å²) in [5.41, 5.74) is -4.29. The summed E-state index contributed by atoms with van der Waals surface area (Å²) in [7, 11) is 0. The number of amides is 3. The zero-order chi connectivity index (χ0) is 30.2. The van der Waals surface area contributed by atoms with Crippen molar-refractivity contribution in [3.05, 3.63) is 46.3 Å². The molecule has 3 heterocycles. The Bertz CT molecular complexity index is 1350. The number of hydrogen-bond acceptors (Lipinski definition) is 14. The summed E-state index contributed by atoms with van der Waals surface area (Å²) in [4.78, 5) is 39.5. The molecule has 3 amide bonds. The molecule has 0 aliphatic carbocycles. The normalized spacial score (nSPS) is 24.3. The minimum atomic E-state index is -2.54. The number of benzene rings is 1. The number of hydrogen-bond donors (Lipinski definition) is 10. The lowest BCUT2D eigenvalue weighted by molar-refractivity contribution is -0.177. The first-order chi connectivity index (χ1) is 19.3.